The summed E-state index contributed by atoms with van der Waals surface area (Å²) >= 11 is 8.29. The van der Waals surface area contributed by atoms with Crippen molar-refractivity contribution >= 4 is 49.7 Å². The van der Waals surface area contributed by atoms with Crippen LogP contribution < -0.4 is 0 Å². The normalized spacial score (nSPS) is 9.83. The van der Waals surface area contributed by atoms with E-state index in [1.165, 1.54) is 0 Å². The van der Waals surface area contributed by atoms with Crippen molar-refractivity contribution in [1.82, 2.24) is 0 Å². The fourth-order valence-corrected chi connectivity index (χ4v) is 0. The molecule has 0 radical (unpaired) electrons. The highest BCUT2D eigenvalue weighted by atomic mass is 80.0. The number of halogens is 4. The predicted octanol–water partition coefficient (Wildman–Crippen LogP) is 3.43. The van der Waals surface area contributed by atoms with E-state index in [9.17, 15) is 4.57 Å². The molecule has 0 aromatic rings. The Morgan fingerprint density at radius 3 is 1.17 bits per heavy atom. The summed E-state index contributed by atoms with van der Waals surface area (Å²) in [5.41, 5.74) is 0. The van der Waals surface area contributed by atoms with Crippen LogP contribution in [0.15, 0.2) is 0 Å². The van der Waals surface area contributed by atoms with Gasteiger partial charge >= 0.3 is 0 Å². The van der Waals surface area contributed by atoms with Crippen LogP contribution in [0.3, 0.4) is 0 Å². The second kappa shape index (κ2) is 3.58. The second-order valence-electron chi connectivity index (χ2n) is 0.399. The van der Waals surface area contributed by atoms with Gasteiger partial charge in [-0.1, -0.05) is 0 Å². The molecule has 1 nitrogen and oxygen atoms in total. The Labute approximate surface area is 58.8 Å². The maximum absolute atomic E-state index is 9.97. The summed E-state index contributed by atoms with van der Waals surface area (Å²) in [6.07, 6.45) is 0. The van der Waals surface area contributed by atoms with Gasteiger partial charge in [-0.25, -0.2) is 0 Å². The zero-order valence-corrected chi connectivity index (χ0v) is 8.05. The molecule has 0 saturated carbocycles. The topological polar surface area (TPSA) is 17.1 Å². The van der Waals surface area contributed by atoms with Gasteiger partial charge in [0.05, 0.1) is 0 Å². The fraction of sp³-hybridized carbons (Fsp3) is 0. The summed E-state index contributed by atoms with van der Waals surface area (Å²) < 4.78 is 7.76. The van der Waals surface area contributed by atoms with Crippen LogP contribution in [0.2, 0.25) is 0 Å². The standard InChI is InChI=1S/Br3OP.FH/c1-5(2,3)4;/h;1H. The van der Waals surface area contributed by atoms with Crippen molar-refractivity contribution in [2.24, 2.45) is 0 Å². The lowest BCUT2D eigenvalue weighted by Gasteiger charge is -1.76. The van der Waals surface area contributed by atoms with Gasteiger partial charge in [0.25, 0.3) is 3.25 Å². The van der Waals surface area contributed by atoms with Crippen molar-refractivity contribution in [3.05, 3.63) is 0 Å². The molecule has 0 aliphatic carbocycles. The van der Waals surface area contributed by atoms with Crippen LogP contribution >= 0.6 is 49.7 Å². The first-order valence-corrected chi connectivity index (χ1v) is 8.45. The van der Waals surface area contributed by atoms with Gasteiger partial charge in [-0.05, 0) is 0 Å². The van der Waals surface area contributed by atoms with E-state index < -0.39 is 3.25 Å². The maximum atomic E-state index is 9.97. The summed E-state index contributed by atoms with van der Waals surface area (Å²) in [6, 6.07) is 0. The highest BCUT2D eigenvalue weighted by Crippen LogP contribution is 2.68. The Morgan fingerprint density at radius 1 is 1.17 bits per heavy atom. The third-order valence-electron chi connectivity index (χ3n) is 0. The van der Waals surface area contributed by atoms with Crippen molar-refractivity contribution in [2.75, 3.05) is 0 Å². The average Bonchev–Trinajstić information content (AvgIpc) is 0.722. The lowest BCUT2D eigenvalue weighted by molar-refractivity contribution is 0.603. The van der Waals surface area contributed by atoms with Gasteiger partial charge in [-0.2, -0.15) is 0 Å². The third kappa shape index (κ3) is 46.3. The van der Waals surface area contributed by atoms with Gasteiger partial charge in [0, 0.05) is 46.5 Å². The lowest BCUT2D eigenvalue weighted by Crippen LogP contribution is -1.14. The van der Waals surface area contributed by atoms with Crippen LogP contribution in [0.25, 0.3) is 0 Å². The molecule has 0 N–H and O–H groups in total. The minimum absolute atomic E-state index is 0. The van der Waals surface area contributed by atoms with E-state index >= 15 is 0 Å². The molecule has 40 valence electrons. The zero-order chi connectivity index (χ0) is 4.50. The molecule has 0 unspecified atom stereocenters. The Bertz CT molecular complexity index is 56.9. The van der Waals surface area contributed by atoms with Gasteiger partial charge in [0.1, 0.15) is 0 Å². The highest BCUT2D eigenvalue weighted by molar-refractivity contribution is 9.94. The molecule has 0 fully saturated rings. The summed E-state index contributed by atoms with van der Waals surface area (Å²) in [5.74, 6) is 0. The van der Waals surface area contributed by atoms with Crippen LogP contribution in [0.1, 0.15) is 0 Å². The molecule has 0 amide bonds. The summed E-state index contributed by atoms with van der Waals surface area (Å²) in [5, 5.41) is 0. The first-order valence-electron chi connectivity index (χ1n) is 0.690. The van der Waals surface area contributed by atoms with Gasteiger partial charge in [-0.15, -0.1) is 0 Å². The minimum atomic E-state index is -2.20. The van der Waals surface area contributed by atoms with Gasteiger partial charge in [0.2, 0.25) is 0 Å². The van der Waals surface area contributed by atoms with E-state index in [-0.39, 0.29) is 4.70 Å². The predicted molar refractivity (Wildman–Crippen MR) is 36.9 cm³/mol. The van der Waals surface area contributed by atoms with Gasteiger partial charge in [-0.3, -0.25) is 9.27 Å². The fourth-order valence-electron chi connectivity index (χ4n) is 0. The first kappa shape index (κ1) is 10.6. The van der Waals surface area contributed by atoms with Crippen molar-refractivity contribution < 1.29 is 9.27 Å². The molecule has 0 aliphatic rings. The third-order valence-corrected chi connectivity index (χ3v) is 0. The SMILES string of the molecule is F.O=P(Br)(Br)Br. The Morgan fingerprint density at radius 2 is 1.17 bits per heavy atom. The van der Waals surface area contributed by atoms with Crippen molar-refractivity contribution in [3.63, 3.8) is 0 Å². The average molecular weight is 307 g/mol. The molecule has 0 spiro atoms. The van der Waals surface area contributed by atoms with Crippen LogP contribution in [0.5, 0.6) is 0 Å². The largest absolute Gasteiger partial charge is 0.287 e. The number of hydrogen-bond acceptors (Lipinski definition) is 1. The molecule has 0 aromatic heterocycles. The van der Waals surface area contributed by atoms with Crippen molar-refractivity contribution in [3.8, 4) is 0 Å². The summed E-state index contributed by atoms with van der Waals surface area (Å²) in [6.45, 7) is 0. The van der Waals surface area contributed by atoms with E-state index in [2.05, 4.69) is 46.5 Å². The molecule has 0 aromatic carbocycles. The molecular formula is HBr3FOP. The van der Waals surface area contributed by atoms with Crippen LogP contribution in [-0.4, -0.2) is 0 Å². The monoisotopic (exact) mass is 304 g/mol. The second-order valence-corrected chi connectivity index (χ2v) is 18.8. The first-order chi connectivity index (χ1) is 2.00. The molecule has 0 rings (SSSR count). The minimum Gasteiger partial charge on any atom is -0.287 e. The van der Waals surface area contributed by atoms with Crippen molar-refractivity contribution in [1.29, 1.82) is 0 Å². The lowest BCUT2D eigenvalue weighted by atomic mass is 16.0. The Kier molecular flexibility index (Phi) is 6.30. The molecule has 6 heteroatoms. The van der Waals surface area contributed by atoms with E-state index in [1.54, 1.807) is 0 Å². The Hall–Kier alpha value is 1.60. The van der Waals surface area contributed by atoms with Crippen LogP contribution in [-0.2, 0) is 4.57 Å². The van der Waals surface area contributed by atoms with E-state index in [1.807, 2.05) is 0 Å². The van der Waals surface area contributed by atoms with Crippen LogP contribution in [0, 0.1) is 0 Å². The van der Waals surface area contributed by atoms with E-state index in [0.29, 0.717) is 0 Å². The maximum Gasteiger partial charge on any atom is 0.268 e. The van der Waals surface area contributed by atoms with Crippen molar-refractivity contribution in [2.45, 2.75) is 0 Å². The quantitative estimate of drug-likeness (QED) is 0.627. The molecule has 6 heavy (non-hydrogen) atoms. The van der Waals surface area contributed by atoms with Crippen LogP contribution in [0.4, 0.5) is 4.70 Å². The van der Waals surface area contributed by atoms with Gasteiger partial charge < -0.3 is 0 Å². The molecular weight excluding hydrogens is 306 g/mol. The molecule has 0 bridgehead atoms. The summed E-state index contributed by atoms with van der Waals surface area (Å²) in [4.78, 5) is 0. The molecule has 0 aliphatic heterocycles. The molecule has 0 heterocycles. The van der Waals surface area contributed by atoms with Gasteiger partial charge in [0.15, 0.2) is 0 Å². The zero-order valence-electron chi connectivity index (χ0n) is 2.40. The smallest absolute Gasteiger partial charge is 0.268 e. The Balaban J connectivity index is 0. The summed E-state index contributed by atoms with van der Waals surface area (Å²) in [7, 11) is 0. The van der Waals surface area contributed by atoms with E-state index in [4.69, 9.17) is 0 Å². The highest BCUT2D eigenvalue weighted by Gasteiger charge is 2.00. The number of rotatable bonds is 0. The molecule has 0 atom stereocenters. The number of hydrogen-bond donors (Lipinski definition) is 0. The van der Waals surface area contributed by atoms with E-state index in [0.717, 1.165) is 0 Å². The molecule has 0 saturated heterocycles.